The van der Waals surface area contributed by atoms with E-state index in [0.717, 1.165) is 11.8 Å². The molecular formula is C11H11F2N3S. The SMILES string of the molecule is CSc1c(F)ccc(-c2cnn(C)c2N)c1F. The van der Waals surface area contributed by atoms with Crippen molar-refractivity contribution in [2.75, 3.05) is 12.0 Å². The summed E-state index contributed by atoms with van der Waals surface area (Å²) in [6.07, 6.45) is 3.09. The van der Waals surface area contributed by atoms with Gasteiger partial charge < -0.3 is 5.73 Å². The fourth-order valence-electron chi connectivity index (χ4n) is 1.58. The Bertz CT molecular complexity index is 566. The van der Waals surface area contributed by atoms with Crippen molar-refractivity contribution in [1.82, 2.24) is 9.78 Å². The van der Waals surface area contributed by atoms with Crippen LogP contribution < -0.4 is 5.73 Å². The van der Waals surface area contributed by atoms with Gasteiger partial charge in [0.25, 0.3) is 0 Å². The summed E-state index contributed by atoms with van der Waals surface area (Å²) in [6, 6.07) is 2.61. The highest BCUT2D eigenvalue weighted by Gasteiger charge is 2.17. The predicted octanol–water partition coefficient (Wildman–Crippen LogP) is 2.67. The molecule has 1 aromatic heterocycles. The van der Waals surface area contributed by atoms with E-state index in [9.17, 15) is 8.78 Å². The second-order valence-electron chi connectivity index (χ2n) is 3.51. The highest BCUT2D eigenvalue weighted by atomic mass is 32.2. The zero-order chi connectivity index (χ0) is 12.6. The van der Waals surface area contributed by atoms with Crippen molar-refractivity contribution in [3.63, 3.8) is 0 Å². The van der Waals surface area contributed by atoms with Crippen LogP contribution in [0, 0.1) is 11.6 Å². The molecule has 0 bridgehead atoms. The third-order valence-electron chi connectivity index (χ3n) is 2.53. The van der Waals surface area contributed by atoms with Crippen LogP contribution in [-0.4, -0.2) is 16.0 Å². The molecule has 2 rings (SSSR count). The summed E-state index contributed by atoms with van der Waals surface area (Å²) in [5.41, 5.74) is 6.50. The summed E-state index contributed by atoms with van der Waals surface area (Å²) in [5.74, 6) is -0.819. The molecule has 0 saturated carbocycles. The van der Waals surface area contributed by atoms with Crippen molar-refractivity contribution in [2.24, 2.45) is 7.05 Å². The van der Waals surface area contributed by atoms with Crippen LogP contribution in [0.1, 0.15) is 0 Å². The van der Waals surface area contributed by atoms with Crippen LogP contribution in [0.25, 0.3) is 11.1 Å². The number of aryl methyl sites for hydroxylation is 1. The Labute approximate surface area is 102 Å². The van der Waals surface area contributed by atoms with Gasteiger partial charge in [-0.2, -0.15) is 5.10 Å². The number of nitrogens with two attached hydrogens (primary N) is 1. The summed E-state index contributed by atoms with van der Waals surface area (Å²) < 4.78 is 28.8. The van der Waals surface area contributed by atoms with Crippen LogP contribution in [0.4, 0.5) is 14.6 Å². The summed E-state index contributed by atoms with van der Waals surface area (Å²) in [7, 11) is 1.66. The number of benzene rings is 1. The quantitative estimate of drug-likeness (QED) is 0.839. The number of nitrogen functional groups attached to an aromatic ring is 1. The van der Waals surface area contributed by atoms with E-state index in [4.69, 9.17) is 5.73 Å². The van der Waals surface area contributed by atoms with E-state index >= 15 is 0 Å². The molecule has 0 fully saturated rings. The first kappa shape index (κ1) is 11.9. The van der Waals surface area contributed by atoms with E-state index in [1.807, 2.05) is 0 Å². The molecule has 6 heteroatoms. The Morgan fingerprint density at radius 1 is 1.29 bits per heavy atom. The summed E-state index contributed by atoms with van der Waals surface area (Å²) in [6.45, 7) is 0. The lowest BCUT2D eigenvalue weighted by Crippen LogP contribution is -1.99. The molecule has 0 atom stereocenters. The third kappa shape index (κ3) is 1.88. The molecule has 0 saturated heterocycles. The standard InChI is InChI=1S/C11H11F2N3S/c1-16-11(14)7(5-15-16)6-3-4-8(12)10(17-2)9(6)13/h3-5H,14H2,1-2H3. The minimum absolute atomic E-state index is 0.00856. The van der Waals surface area contributed by atoms with Crippen molar-refractivity contribution in [2.45, 2.75) is 4.90 Å². The molecule has 0 aliphatic carbocycles. The first-order valence-corrected chi connectivity index (χ1v) is 6.08. The zero-order valence-corrected chi connectivity index (χ0v) is 10.2. The fourth-order valence-corrected chi connectivity index (χ4v) is 2.13. The summed E-state index contributed by atoms with van der Waals surface area (Å²) >= 11 is 1.03. The Morgan fingerprint density at radius 2 is 2.00 bits per heavy atom. The third-order valence-corrected chi connectivity index (χ3v) is 3.31. The first-order valence-electron chi connectivity index (χ1n) is 4.86. The van der Waals surface area contributed by atoms with Crippen LogP contribution in [0.3, 0.4) is 0 Å². The molecule has 3 nitrogen and oxygen atoms in total. The molecule has 0 amide bonds. The average Bonchev–Trinajstić information content (AvgIpc) is 2.61. The van der Waals surface area contributed by atoms with Gasteiger partial charge in [-0.3, -0.25) is 4.68 Å². The summed E-state index contributed by atoms with van der Waals surface area (Å²) in [5, 5.41) is 3.94. The molecular weight excluding hydrogens is 244 g/mol. The highest BCUT2D eigenvalue weighted by molar-refractivity contribution is 7.98. The Kier molecular flexibility index (Phi) is 3.06. The molecule has 1 heterocycles. The maximum atomic E-state index is 14.1. The minimum atomic E-state index is -0.600. The van der Waals surface area contributed by atoms with Gasteiger partial charge in [0, 0.05) is 18.2 Å². The van der Waals surface area contributed by atoms with Crippen LogP contribution in [0.15, 0.2) is 23.2 Å². The Hall–Kier alpha value is -1.56. The monoisotopic (exact) mass is 255 g/mol. The second kappa shape index (κ2) is 4.37. The van der Waals surface area contributed by atoms with Gasteiger partial charge in [0.1, 0.15) is 17.5 Å². The molecule has 90 valence electrons. The number of halogens is 2. The summed E-state index contributed by atoms with van der Waals surface area (Å²) in [4.78, 5) is -0.00856. The lowest BCUT2D eigenvalue weighted by Gasteiger charge is -2.07. The van der Waals surface area contributed by atoms with Gasteiger partial charge in [0.15, 0.2) is 0 Å². The number of anilines is 1. The van der Waals surface area contributed by atoms with Gasteiger partial charge in [-0.1, -0.05) is 0 Å². The van der Waals surface area contributed by atoms with Crippen LogP contribution in [0.2, 0.25) is 0 Å². The molecule has 0 radical (unpaired) electrons. The molecule has 0 aliphatic rings. The number of hydrogen-bond acceptors (Lipinski definition) is 3. The first-order chi connectivity index (χ1) is 8.06. The van der Waals surface area contributed by atoms with Gasteiger partial charge in [-0.05, 0) is 18.4 Å². The molecule has 0 aliphatic heterocycles. The van der Waals surface area contributed by atoms with Crippen molar-refractivity contribution in [3.05, 3.63) is 30.0 Å². The zero-order valence-electron chi connectivity index (χ0n) is 9.37. The molecule has 2 aromatic rings. The smallest absolute Gasteiger partial charge is 0.147 e. The van der Waals surface area contributed by atoms with Crippen molar-refractivity contribution in [1.29, 1.82) is 0 Å². The number of hydrogen-bond donors (Lipinski definition) is 1. The Balaban J connectivity index is 2.65. The lowest BCUT2D eigenvalue weighted by molar-refractivity contribution is 0.543. The number of thioether (sulfide) groups is 1. The van der Waals surface area contributed by atoms with Crippen molar-refractivity contribution >= 4 is 17.6 Å². The van der Waals surface area contributed by atoms with Gasteiger partial charge in [-0.25, -0.2) is 8.78 Å². The molecule has 17 heavy (non-hydrogen) atoms. The molecule has 0 unspecified atom stereocenters. The lowest BCUT2D eigenvalue weighted by atomic mass is 10.1. The largest absolute Gasteiger partial charge is 0.383 e. The van der Waals surface area contributed by atoms with E-state index in [1.165, 1.54) is 23.0 Å². The van der Waals surface area contributed by atoms with Gasteiger partial charge >= 0.3 is 0 Å². The van der Waals surface area contributed by atoms with E-state index in [1.54, 1.807) is 13.3 Å². The maximum absolute atomic E-state index is 14.1. The number of aromatic nitrogens is 2. The van der Waals surface area contributed by atoms with E-state index < -0.39 is 11.6 Å². The normalized spacial score (nSPS) is 10.8. The van der Waals surface area contributed by atoms with Gasteiger partial charge in [0.2, 0.25) is 0 Å². The average molecular weight is 255 g/mol. The van der Waals surface area contributed by atoms with E-state index in [-0.39, 0.29) is 10.5 Å². The van der Waals surface area contributed by atoms with E-state index in [0.29, 0.717) is 11.4 Å². The van der Waals surface area contributed by atoms with Crippen LogP contribution >= 0.6 is 11.8 Å². The maximum Gasteiger partial charge on any atom is 0.147 e. The highest BCUT2D eigenvalue weighted by Crippen LogP contribution is 2.33. The second-order valence-corrected chi connectivity index (χ2v) is 4.33. The van der Waals surface area contributed by atoms with Crippen LogP contribution in [0.5, 0.6) is 0 Å². The predicted molar refractivity (Wildman–Crippen MR) is 64.8 cm³/mol. The van der Waals surface area contributed by atoms with Gasteiger partial charge in [-0.15, -0.1) is 11.8 Å². The van der Waals surface area contributed by atoms with Gasteiger partial charge in [0.05, 0.1) is 11.1 Å². The molecule has 2 N–H and O–H groups in total. The minimum Gasteiger partial charge on any atom is -0.383 e. The van der Waals surface area contributed by atoms with Crippen molar-refractivity contribution in [3.8, 4) is 11.1 Å². The number of rotatable bonds is 2. The topological polar surface area (TPSA) is 43.8 Å². The van der Waals surface area contributed by atoms with Crippen molar-refractivity contribution < 1.29 is 8.78 Å². The molecule has 0 spiro atoms. The number of nitrogens with zero attached hydrogens (tertiary/aromatic N) is 2. The van der Waals surface area contributed by atoms with E-state index in [2.05, 4.69) is 5.10 Å². The fraction of sp³-hybridized carbons (Fsp3) is 0.182. The molecule has 1 aromatic carbocycles. The Morgan fingerprint density at radius 3 is 2.53 bits per heavy atom. The van der Waals surface area contributed by atoms with Crippen LogP contribution in [-0.2, 0) is 7.05 Å².